The highest BCUT2D eigenvalue weighted by atomic mass is 32.2. The van der Waals surface area contributed by atoms with Crippen molar-refractivity contribution in [3.8, 4) is 0 Å². The molecule has 2 heterocycles. The van der Waals surface area contributed by atoms with Gasteiger partial charge in [0.25, 0.3) is 0 Å². The van der Waals surface area contributed by atoms with Crippen molar-refractivity contribution in [3.05, 3.63) is 0 Å². The predicted molar refractivity (Wildman–Crippen MR) is 102 cm³/mol. The fraction of sp³-hybridized carbons (Fsp3) is 0.833. The largest absolute Gasteiger partial charge is 0.356 e. The lowest BCUT2D eigenvalue weighted by Crippen LogP contribution is -2.39. The maximum atomic E-state index is 11.6. The summed E-state index contributed by atoms with van der Waals surface area (Å²) in [5.74, 6) is 0.625. The average Bonchev–Trinajstić information content (AvgIpc) is 2.99. The van der Waals surface area contributed by atoms with Crippen LogP contribution in [0.3, 0.4) is 0 Å². The van der Waals surface area contributed by atoms with Gasteiger partial charge < -0.3 is 9.80 Å². The van der Waals surface area contributed by atoms with Gasteiger partial charge in [-0.15, -0.1) is 0 Å². The SMILES string of the molecule is CN(C(=S)SC(=S)N(C)[C@H]1CCS(=O)(=O)C1)[C@@H]1CCS(=O)(=O)C1. The van der Waals surface area contributed by atoms with E-state index in [1.165, 1.54) is 11.8 Å². The van der Waals surface area contributed by atoms with Crippen LogP contribution in [0.4, 0.5) is 0 Å². The molecule has 6 nitrogen and oxygen atoms in total. The third kappa shape index (κ3) is 5.00. The number of nitrogens with zero attached hydrogens (tertiary/aromatic N) is 2. The lowest BCUT2D eigenvalue weighted by molar-refractivity contribution is 0.406. The molecule has 0 spiro atoms. The van der Waals surface area contributed by atoms with Crippen LogP contribution in [0.5, 0.6) is 0 Å². The molecular formula is C12H20N2O4S5. The number of hydrogen-bond donors (Lipinski definition) is 0. The van der Waals surface area contributed by atoms with Crippen LogP contribution in [0, 0.1) is 0 Å². The predicted octanol–water partition coefficient (Wildman–Crippen LogP) is 0.527. The number of hydrogen-bond acceptors (Lipinski definition) is 7. The number of sulfone groups is 2. The lowest BCUT2D eigenvalue weighted by Gasteiger charge is -2.29. The first-order valence-corrected chi connectivity index (χ1v) is 12.4. The quantitative estimate of drug-likeness (QED) is 0.599. The Balaban J connectivity index is 1.91. The first-order chi connectivity index (χ1) is 10.5. The Labute approximate surface area is 152 Å². The molecular weight excluding hydrogens is 396 g/mol. The van der Waals surface area contributed by atoms with Crippen molar-refractivity contribution in [1.82, 2.24) is 9.80 Å². The zero-order chi connectivity index (χ0) is 17.4. The van der Waals surface area contributed by atoms with E-state index in [-0.39, 0.29) is 35.1 Å². The van der Waals surface area contributed by atoms with Crippen LogP contribution >= 0.6 is 36.2 Å². The van der Waals surface area contributed by atoms with E-state index in [9.17, 15) is 16.8 Å². The molecule has 0 aromatic rings. The minimum absolute atomic E-state index is 0.111. The van der Waals surface area contributed by atoms with Crippen LogP contribution in [0.15, 0.2) is 0 Å². The highest BCUT2D eigenvalue weighted by Gasteiger charge is 2.34. The molecule has 2 saturated heterocycles. The molecule has 0 aliphatic carbocycles. The van der Waals surface area contributed by atoms with Gasteiger partial charge in [0.05, 0.1) is 23.0 Å². The summed E-state index contributed by atoms with van der Waals surface area (Å²) in [7, 11) is -2.37. The summed E-state index contributed by atoms with van der Waals surface area (Å²) < 4.78 is 47.3. The maximum absolute atomic E-state index is 11.6. The summed E-state index contributed by atoms with van der Waals surface area (Å²) in [6.45, 7) is 0. The van der Waals surface area contributed by atoms with E-state index in [2.05, 4.69) is 0 Å². The molecule has 11 heteroatoms. The third-order valence-corrected chi connectivity index (χ3v) is 9.76. The second kappa shape index (κ2) is 7.11. The molecule has 2 aliphatic rings. The number of rotatable bonds is 2. The van der Waals surface area contributed by atoms with Crippen LogP contribution < -0.4 is 0 Å². The van der Waals surface area contributed by atoms with Gasteiger partial charge in [-0.05, 0) is 24.6 Å². The Hall–Kier alpha value is 0.0300. The summed E-state index contributed by atoms with van der Waals surface area (Å²) >= 11 is 11.9. The molecule has 0 unspecified atom stereocenters. The topological polar surface area (TPSA) is 74.8 Å². The molecule has 2 aliphatic heterocycles. The number of thioether (sulfide) groups is 1. The summed E-state index contributed by atoms with van der Waals surface area (Å²) in [4.78, 5) is 3.58. The van der Waals surface area contributed by atoms with Gasteiger partial charge in [-0.1, -0.05) is 24.4 Å². The smallest absolute Gasteiger partial charge is 0.152 e. The molecule has 0 saturated carbocycles. The molecule has 0 N–H and O–H groups in total. The van der Waals surface area contributed by atoms with Gasteiger partial charge in [-0.2, -0.15) is 0 Å². The van der Waals surface area contributed by atoms with Crippen LogP contribution in [-0.2, 0) is 19.7 Å². The lowest BCUT2D eigenvalue weighted by atomic mass is 10.2. The van der Waals surface area contributed by atoms with Gasteiger partial charge in [0.2, 0.25) is 0 Å². The van der Waals surface area contributed by atoms with Crippen LogP contribution in [0.1, 0.15) is 12.8 Å². The zero-order valence-corrected chi connectivity index (χ0v) is 17.0. The van der Waals surface area contributed by atoms with E-state index in [4.69, 9.17) is 24.4 Å². The van der Waals surface area contributed by atoms with E-state index in [0.717, 1.165) is 0 Å². The normalized spacial score (nSPS) is 28.4. The monoisotopic (exact) mass is 416 g/mol. The first-order valence-electron chi connectivity index (χ1n) is 7.13. The second-order valence-corrected chi connectivity index (χ2v) is 12.7. The summed E-state index contributed by atoms with van der Waals surface area (Å²) in [5.41, 5.74) is 0. The Morgan fingerprint density at radius 1 is 0.870 bits per heavy atom. The van der Waals surface area contributed by atoms with Crippen molar-refractivity contribution < 1.29 is 16.8 Å². The summed E-state index contributed by atoms with van der Waals surface area (Å²) in [6.07, 6.45) is 1.14. The highest BCUT2D eigenvalue weighted by Crippen LogP contribution is 2.24. The molecule has 0 aromatic heterocycles. The van der Waals surface area contributed by atoms with E-state index in [1.54, 1.807) is 23.9 Å². The van der Waals surface area contributed by atoms with Gasteiger partial charge in [0.15, 0.2) is 19.7 Å². The first kappa shape index (κ1) is 19.4. The minimum atomic E-state index is -2.97. The molecule has 0 amide bonds. The van der Waals surface area contributed by atoms with Crippen LogP contribution in [0.2, 0.25) is 0 Å². The van der Waals surface area contributed by atoms with E-state index < -0.39 is 19.7 Å². The van der Waals surface area contributed by atoms with Crippen molar-refractivity contribution in [3.63, 3.8) is 0 Å². The fourth-order valence-electron chi connectivity index (χ4n) is 2.68. The van der Waals surface area contributed by atoms with Gasteiger partial charge in [-0.25, -0.2) is 16.8 Å². The average molecular weight is 417 g/mol. The molecule has 23 heavy (non-hydrogen) atoms. The van der Waals surface area contributed by atoms with E-state index in [1.807, 2.05) is 0 Å². The molecule has 132 valence electrons. The van der Waals surface area contributed by atoms with Gasteiger partial charge >= 0.3 is 0 Å². The second-order valence-electron chi connectivity index (χ2n) is 5.97. The third-order valence-electron chi connectivity index (χ3n) is 4.26. The maximum Gasteiger partial charge on any atom is 0.152 e. The summed E-state index contributed by atoms with van der Waals surface area (Å²) in [6, 6.07) is -0.222. The fourth-order valence-corrected chi connectivity index (χ4v) is 7.89. The van der Waals surface area contributed by atoms with E-state index in [0.29, 0.717) is 21.5 Å². The molecule has 2 rings (SSSR count). The number of thiocarbonyl (C=S) groups is 2. The summed E-state index contributed by atoms with van der Waals surface area (Å²) in [5, 5.41) is 0. The van der Waals surface area contributed by atoms with Crippen molar-refractivity contribution in [2.75, 3.05) is 37.1 Å². The van der Waals surface area contributed by atoms with Crippen LogP contribution in [0.25, 0.3) is 0 Å². The molecule has 2 fully saturated rings. The van der Waals surface area contributed by atoms with Gasteiger partial charge in [0, 0.05) is 26.2 Å². The van der Waals surface area contributed by atoms with Gasteiger partial charge in [-0.3, -0.25) is 0 Å². The molecule has 0 aromatic carbocycles. The minimum Gasteiger partial charge on any atom is -0.356 e. The van der Waals surface area contributed by atoms with Crippen molar-refractivity contribution in [1.29, 1.82) is 0 Å². The standard InChI is InChI=1S/C12H20N2O4S5/c1-13(9-3-5-22(15,16)7-9)11(19)21-12(20)14(2)10-4-6-23(17,18)8-10/h9-10H,3-8H2,1-2H3/t9-,10+. The molecule has 0 radical (unpaired) electrons. The molecule has 2 atom stereocenters. The highest BCUT2D eigenvalue weighted by molar-refractivity contribution is 8.37. The Morgan fingerprint density at radius 2 is 1.22 bits per heavy atom. The van der Waals surface area contributed by atoms with Crippen molar-refractivity contribution in [2.24, 2.45) is 0 Å². The Kier molecular flexibility index (Phi) is 5.98. The van der Waals surface area contributed by atoms with Crippen molar-refractivity contribution in [2.45, 2.75) is 24.9 Å². The zero-order valence-electron chi connectivity index (χ0n) is 13.0. The van der Waals surface area contributed by atoms with E-state index >= 15 is 0 Å². The Morgan fingerprint density at radius 3 is 1.48 bits per heavy atom. The van der Waals surface area contributed by atoms with Crippen molar-refractivity contribution >= 4 is 64.5 Å². The van der Waals surface area contributed by atoms with Crippen LogP contribution in [-0.4, -0.2) is 84.5 Å². The Bertz CT molecular complexity index is 643. The van der Waals surface area contributed by atoms with Gasteiger partial charge in [0.1, 0.15) is 8.64 Å². The molecule has 0 bridgehead atoms.